The fourth-order valence-corrected chi connectivity index (χ4v) is 0.968. The molecule has 3 nitrogen and oxygen atoms in total. The molecule has 84 valence electrons. The largest absolute Gasteiger partial charge is 0.478 e. The van der Waals surface area contributed by atoms with Gasteiger partial charge in [-0.2, -0.15) is 0 Å². The Morgan fingerprint density at radius 2 is 1.93 bits per heavy atom. The zero-order valence-corrected chi connectivity index (χ0v) is 8.97. The van der Waals surface area contributed by atoms with E-state index in [9.17, 15) is 9.90 Å². The van der Waals surface area contributed by atoms with Gasteiger partial charge in [-0.25, -0.2) is 4.79 Å². The van der Waals surface area contributed by atoms with Gasteiger partial charge in [0.25, 0.3) is 0 Å². The van der Waals surface area contributed by atoms with Crippen molar-refractivity contribution in [3.8, 4) is 0 Å². The first-order chi connectivity index (χ1) is 7.16. The van der Waals surface area contributed by atoms with Gasteiger partial charge >= 0.3 is 5.97 Å². The van der Waals surface area contributed by atoms with Crippen LogP contribution in [0.4, 0.5) is 0 Å². The molecule has 0 aliphatic carbocycles. The molecule has 15 heavy (non-hydrogen) atoms. The van der Waals surface area contributed by atoms with Crippen LogP contribution < -0.4 is 0 Å². The van der Waals surface area contributed by atoms with Crippen LogP contribution in [0.2, 0.25) is 0 Å². The maximum absolute atomic E-state index is 10.1. The molecule has 0 amide bonds. The van der Waals surface area contributed by atoms with Crippen LogP contribution in [0.15, 0.2) is 36.5 Å². The second kappa shape index (κ2) is 9.21. The summed E-state index contributed by atoms with van der Waals surface area (Å²) in [5, 5.41) is 17.7. The highest BCUT2D eigenvalue weighted by Crippen LogP contribution is 2.01. The number of aliphatic hydroxyl groups excluding tert-OH is 1. The first kappa shape index (κ1) is 13.7. The maximum atomic E-state index is 10.1. The summed E-state index contributed by atoms with van der Waals surface area (Å²) in [5.41, 5.74) is 0. The summed E-state index contributed by atoms with van der Waals surface area (Å²) in [6, 6.07) is 0. The van der Waals surface area contributed by atoms with Gasteiger partial charge in [-0.05, 0) is 6.42 Å². The van der Waals surface area contributed by atoms with Gasteiger partial charge in [0.1, 0.15) is 0 Å². The minimum absolute atomic E-state index is 0.405. The van der Waals surface area contributed by atoms with Gasteiger partial charge in [0, 0.05) is 6.08 Å². The molecular weight excluding hydrogens is 192 g/mol. The van der Waals surface area contributed by atoms with Gasteiger partial charge < -0.3 is 10.2 Å². The number of carbonyl (C=O) groups is 1. The Balaban J connectivity index is 3.73. The third-order valence-electron chi connectivity index (χ3n) is 1.76. The topological polar surface area (TPSA) is 57.5 Å². The van der Waals surface area contributed by atoms with E-state index in [1.165, 1.54) is 6.08 Å². The van der Waals surface area contributed by atoms with Crippen LogP contribution in [-0.2, 0) is 4.79 Å². The standard InChI is InChI=1S/C12H18O3/c1-2-3-8-11(13)9-6-4-5-7-10-12(14)15/h4-7,9-11,13H,2-3,8H2,1H3,(H,14,15)/b5-4-,9-6+,10-7+. The van der Waals surface area contributed by atoms with Crippen molar-refractivity contribution in [1.82, 2.24) is 0 Å². The second-order valence-electron chi connectivity index (χ2n) is 3.18. The summed E-state index contributed by atoms with van der Waals surface area (Å²) in [5.74, 6) is -0.966. The van der Waals surface area contributed by atoms with E-state index in [2.05, 4.69) is 6.92 Å². The van der Waals surface area contributed by atoms with E-state index in [0.29, 0.717) is 0 Å². The van der Waals surface area contributed by atoms with Crippen molar-refractivity contribution >= 4 is 5.97 Å². The molecule has 0 saturated carbocycles. The van der Waals surface area contributed by atoms with E-state index in [1.807, 2.05) is 0 Å². The summed E-state index contributed by atoms with van der Waals surface area (Å²) in [6.45, 7) is 2.08. The molecule has 0 saturated heterocycles. The van der Waals surface area contributed by atoms with Crippen LogP contribution in [0.25, 0.3) is 0 Å². The number of hydrogen-bond donors (Lipinski definition) is 2. The Bertz CT molecular complexity index is 252. The number of carboxylic acids is 1. The first-order valence-electron chi connectivity index (χ1n) is 5.09. The van der Waals surface area contributed by atoms with Gasteiger partial charge in [0.15, 0.2) is 0 Å². The van der Waals surface area contributed by atoms with E-state index in [4.69, 9.17) is 5.11 Å². The summed E-state index contributed by atoms with van der Waals surface area (Å²) in [7, 11) is 0. The highest BCUT2D eigenvalue weighted by Gasteiger charge is 1.95. The van der Waals surface area contributed by atoms with Crippen molar-refractivity contribution in [2.24, 2.45) is 0 Å². The molecule has 0 aromatic carbocycles. The van der Waals surface area contributed by atoms with E-state index < -0.39 is 12.1 Å². The average Bonchev–Trinajstić information content (AvgIpc) is 2.19. The second-order valence-corrected chi connectivity index (χ2v) is 3.18. The summed E-state index contributed by atoms with van der Waals surface area (Å²) >= 11 is 0. The van der Waals surface area contributed by atoms with Crippen molar-refractivity contribution in [2.45, 2.75) is 32.3 Å². The Morgan fingerprint density at radius 1 is 1.27 bits per heavy atom. The fraction of sp³-hybridized carbons (Fsp3) is 0.417. The fourth-order valence-electron chi connectivity index (χ4n) is 0.968. The number of hydrogen-bond acceptors (Lipinski definition) is 2. The highest BCUT2D eigenvalue weighted by atomic mass is 16.4. The molecule has 0 spiro atoms. The van der Waals surface area contributed by atoms with Crippen LogP contribution in [0, 0.1) is 0 Å². The van der Waals surface area contributed by atoms with E-state index in [-0.39, 0.29) is 0 Å². The van der Waals surface area contributed by atoms with Gasteiger partial charge in [0.2, 0.25) is 0 Å². The van der Waals surface area contributed by atoms with Gasteiger partial charge in [-0.1, -0.05) is 50.1 Å². The third-order valence-corrected chi connectivity index (χ3v) is 1.76. The quantitative estimate of drug-likeness (QED) is 0.500. The van der Waals surface area contributed by atoms with Crippen LogP contribution in [0.1, 0.15) is 26.2 Å². The van der Waals surface area contributed by atoms with Gasteiger partial charge in [0.05, 0.1) is 6.10 Å². The SMILES string of the molecule is CCCCC(O)/C=C/C=C\C=C\C(=O)O. The van der Waals surface area contributed by atoms with E-state index in [0.717, 1.165) is 25.3 Å². The Kier molecular flexibility index (Phi) is 8.39. The molecule has 0 bridgehead atoms. The normalized spacial score (nSPS) is 14.3. The summed E-state index contributed by atoms with van der Waals surface area (Å²) in [4.78, 5) is 10.1. The number of aliphatic carboxylic acids is 1. The minimum atomic E-state index is -0.966. The molecule has 0 rings (SSSR count). The van der Waals surface area contributed by atoms with E-state index in [1.54, 1.807) is 24.3 Å². The molecule has 1 atom stereocenters. The summed E-state index contributed by atoms with van der Waals surface area (Å²) in [6.07, 6.45) is 11.6. The molecule has 1 unspecified atom stereocenters. The average molecular weight is 210 g/mol. The zero-order chi connectivity index (χ0) is 11.5. The number of rotatable bonds is 7. The van der Waals surface area contributed by atoms with Crippen LogP contribution in [-0.4, -0.2) is 22.3 Å². The molecule has 0 aromatic rings. The Hall–Kier alpha value is -1.35. The number of aliphatic hydroxyl groups is 1. The van der Waals surface area contributed by atoms with E-state index >= 15 is 0 Å². The third kappa shape index (κ3) is 10.6. The predicted molar refractivity (Wildman–Crippen MR) is 60.6 cm³/mol. The number of allylic oxidation sites excluding steroid dienone is 4. The van der Waals surface area contributed by atoms with Crippen molar-refractivity contribution in [1.29, 1.82) is 0 Å². The molecule has 0 aliphatic rings. The first-order valence-corrected chi connectivity index (χ1v) is 5.09. The van der Waals surface area contributed by atoms with Crippen molar-refractivity contribution in [2.75, 3.05) is 0 Å². The number of unbranched alkanes of at least 4 members (excludes halogenated alkanes) is 1. The molecule has 0 aliphatic heterocycles. The lowest BCUT2D eigenvalue weighted by atomic mass is 10.1. The molecule has 3 heteroatoms. The molecule has 0 fully saturated rings. The number of carboxylic acid groups (broad SMARTS) is 1. The maximum Gasteiger partial charge on any atom is 0.328 e. The highest BCUT2D eigenvalue weighted by molar-refractivity contribution is 5.80. The van der Waals surface area contributed by atoms with Crippen LogP contribution in [0.3, 0.4) is 0 Å². The molecule has 0 aromatic heterocycles. The van der Waals surface area contributed by atoms with Crippen molar-refractivity contribution in [3.05, 3.63) is 36.5 Å². The monoisotopic (exact) mass is 210 g/mol. The van der Waals surface area contributed by atoms with Crippen molar-refractivity contribution in [3.63, 3.8) is 0 Å². The molecule has 2 N–H and O–H groups in total. The summed E-state index contributed by atoms with van der Waals surface area (Å²) < 4.78 is 0. The lowest BCUT2D eigenvalue weighted by Gasteiger charge is -2.01. The molecule has 0 radical (unpaired) electrons. The smallest absolute Gasteiger partial charge is 0.328 e. The Morgan fingerprint density at radius 3 is 2.53 bits per heavy atom. The van der Waals surface area contributed by atoms with Crippen LogP contribution >= 0.6 is 0 Å². The van der Waals surface area contributed by atoms with Gasteiger partial charge in [-0.15, -0.1) is 0 Å². The molecular formula is C12H18O3. The Labute approximate surface area is 90.4 Å². The predicted octanol–water partition coefficient (Wildman–Crippen LogP) is 2.29. The lowest BCUT2D eigenvalue weighted by molar-refractivity contribution is -0.131. The minimum Gasteiger partial charge on any atom is -0.478 e. The van der Waals surface area contributed by atoms with Gasteiger partial charge in [-0.3, -0.25) is 0 Å². The van der Waals surface area contributed by atoms with Crippen molar-refractivity contribution < 1.29 is 15.0 Å². The molecule has 0 heterocycles. The zero-order valence-electron chi connectivity index (χ0n) is 8.97. The van der Waals surface area contributed by atoms with Crippen LogP contribution in [0.5, 0.6) is 0 Å². The lowest BCUT2D eigenvalue weighted by Crippen LogP contribution is -2.00.